The minimum absolute atomic E-state index is 0.214. The first-order valence-electron chi connectivity index (χ1n) is 7.20. The molecule has 128 valence electrons. The van der Waals surface area contributed by atoms with Crippen LogP contribution in [0.1, 0.15) is 12.6 Å². The number of benzene rings is 1. The number of methoxy groups -OCH3 is 1. The number of thiazole rings is 1. The molecule has 0 aliphatic carbocycles. The van der Waals surface area contributed by atoms with Gasteiger partial charge in [0.2, 0.25) is 0 Å². The molecule has 8 heteroatoms. The lowest BCUT2D eigenvalue weighted by molar-refractivity contribution is -0.153. The lowest BCUT2D eigenvalue weighted by Gasteiger charge is -2.14. The fourth-order valence-electron chi connectivity index (χ4n) is 1.93. The van der Waals surface area contributed by atoms with Crippen LogP contribution in [0.15, 0.2) is 34.4 Å². The van der Waals surface area contributed by atoms with E-state index in [0.29, 0.717) is 17.1 Å². The molecular formula is C16H18N2O5S. The van der Waals surface area contributed by atoms with E-state index in [1.807, 2.05) is 0 Å². The number of nitrogens with one attached hydrogen (secondary N) is 1. The molecule has 1 N–H and O–H groups in total. The van der Waals surface area contributed by atoms with Crippen molar-refractivity contribution in [3.8, 4) is 5.75 Å². The number of carbonyl (C=O) groups excluding carboxylic acids is 2. The largest absolute Gasteiger partial charge is 0.497 e. The molecule has 0 saturated carbocycles. The van der Waals surface area contributed by atoms with Gasteiger partial charge in [-0.3, -0.25) is 19.0 Å². The van der Waals surface area contributed by atoms with Gasteiger partial charge in [-0.15, -0.1) is 0 Å². The van der Waals surface area contributed by atoms with Crippen LogP contribution in [-0.4, -0.2) is 29.7 Å². The third-order valence-electron chi connectivity index (χ3n) is 3.30. The highest BCUT2D eigenvalue weighted by atomic mass is 32.1. The summed E-state index contributed by atoms with van der Waals surface area (Å²) >= 11 is 1.01. The van der Waals surface area contributed by atoms with Crippen molar-refractivity contribution in [2.24, 2.45) is 0 Å². The zero-order valence-corrected chi connectivity index (χ0v) is 14.4. The first-order valence-corrected chi connectivity index (χ1v) is 8.08. The smallest absolute Gasteiger partial charge is 0.326 e. The van der Waals surface area contributed by atoms with E-state index in [0.717, 1.165) is 11.3 Å². The van der Waals surface area contributed by atoms with E-state index in [1.165, 1.54) is 11.5 Å². The van der Waals surface area contributed by atoms with Crippen LogP contribution in [-0.2, 0) is 20.9 Å². The van der Waals surface area contributed by atoms with Gasteiger partial charge >= 0.3 is 10.8 Å². The molecule has 24 heavy (non-hydrogen) atoms. The fourth-order valence-corrected chi connectivity index (χ4v) is 2.67. The molecule has 2 aromatic rings. The van der Waals surface area contributed by atoms with Crippen LogP contribution in [0.4, 0.5) is 5.69 Å². The molecule has 0 spiro atoms. The van der Waals surface area contributed by atoms with Crippen LogP contribution in [0, 0.1) is 6.92 Å². The van der Waals surface area contributed by atoms with Gasteiger partial charge in [0.25, 0.3) is 5.91 Å². The number of carbonyl (C=O) groups is 2. The predicted molar refractivity (Wildman–Crippen MR) is 90.5 cm³/mol. The molecule has 1 atom stereocenters. The third-order valence-corrected chi connectivity index (χ3v) is 4.18. The van der Waals surface area contributed by atoms with Crippen LogP contribution in [0.3, 0.4) is 0 Å². The Morgan fingerprint density at radius 2 is 1.96 bits per heavy atom. The summed E-state index contributed by atoms with van der Waals surface area (Å²) in [6.45, 7) is 2.99. The Hall–Kier alpha value is -2.61. The third kappa shape index (κ3) is 4.45. The van der Waals surface area contributed by atoms with Gasteiger partial charge in [0.05, 0.1) is 7.11 Å². The zero-order chi connectivity index (χ0) is 17.7. The van der Waals surface area contributed by atoms with Crippen LogP contribution < -0.4 is 14.9 Å². The van der Waals surface area contributed by atoms with Crippen molar-refractivity contribution in [1.29, 1.82) is 0 Å². The van der Waals surface area contributed by atoms with Crippen molar-refractivity contribution in [3.05, 3.63) is 45.0 Å². The van der Waals surface area contributed by atoms with Gasteiger partial charge in [-0.05, 0) is 38.1 Å². The van der Waals surface area contributed by atoms with Crippen LogP contribution >= 0.6 is 11.3 Å². The molecule has 1 amide bonds. The average molecular weight is 350 g/mol. The van der Waals surface area contributed by atoms with E-state index in [9.17, 15) is 14.4 Å². The first-order chi connectivity index (χ1) is 11.4. The molecule has 0 aliphatic rings. The molecule has 0 unspecified atom stereocenters. The number of nitrogens with zero attached hydrogens (tertiary/aromatic N) is 1. The van der Waals surface area contributed by atoms with Crippen LogP contribution in [0.2, 0.25) is 0 Å². The summed E-state index contributed by atoms with van der Waals surface area (Å²) in [7, 11) is 1.55. The summed E-state index contributed by atoms with van der Waals surface area (Å²) < 4.78 is 11.4. The highest BCUT2D eigenvalue weighted by Gasteiger charge is 2.19. The second-order valence-electron chi connectivity index (χ2n) is 5.08. The maximum absolute atomic E-state index is 12.1. The second-order valence-corrected chi connectivity index (χ2v) is 5.90. The minimum atomic E-state index is -0.978. The molecular weight excluding hydrogens is 332 g/mol. The number of aromatic nitrogens is 1. The number of esters is 1. The normalized spacial score (nSPS) is 11.6. The van der Waals surface area contributed by atoms with Gasteiger partial charge in [-0.2, -0.15) is 0 Å². The Balaban J connectivity index is 1.90. The van der Waals surface area contributed by atoms with Crippen molar-refractivity contribution >= 4 is 28.9 Å². The predicted octanol–water partition coefficient (Wildman–Crippen LogP) is 1.80. The average Bonchev–Trinajstić information content (AvgIpc) is 2.87. The van der Waals surface area contributed by atoms with Crippen molar-refractivity contribution in [1.82, 2.24) is 4.57 Å². The van der Waals surface area contributed by atoms with E-state index in [1.54, 1.807) is 43.7 Å². The molecule has 0 bridgehead atoms. The summed E-state index contributed by atoms with van der Waals surface area (Å²) in [4.78, 5) is 35.3. The summed E-state index contributed by atoms with van der Waals surface area (Å²) in [5.41, 5.74) is 1.24. The topological polar surface area (TPSA) is 86.6 Å². The van der Waals surface area contributed by atoms with E-state index in [-0.39, 0.29) is 11.4 Å². The van der Waals surface area contributed by atoms with Gasteiger partial charge in [0, 0.05) is 16.8 Å². The standard InChI is InChI=1S/C16H18N2O5S/c1-10-9-24-16(21)18(10)8-14(19)23-11(2)15(20)17-12-4-6-13(22-3)7-5-12/h4-7,9,11H,8H2,1-3H3,(H,17,20)/t11-/m0/s1. The summed E-state index contributed by atoms with van der Waals surface area (Å²) in [6, 6.07) is 6.77. The Kier molecular flexibility index (Phi) is 5.75. The number of amides is 1. The van der Waals surface area contributed by atoms with Crippen molar-refractivity contribution in [2.45, 2.75) is 26.5 Å². The van der Waals surface area contributed by atoms with E-state index >= 15 is 0 Å². The molecule has 7 nitrogen and oxygen atoms in total. The Morgan fingerprint density at radius 3 is 2.50 bits per heavy atom. The summed E-state index contributed by atoms with van der Waals surface area (Å²) in [5.74, 6) is -0.428. The number of hydrogen-bond acceptors (Lipinski definition) is 6. The quantitative estimate of drug-likeness (QED) is 0.803. The van der Waals surface area contributed by atoms with Crippen molar-refractivity contribution < 1.29 is 19.1 Å². The SMILES string of the molecule is COc1ccc(NC(=O)[C@H](C)OC(=O)Cn2c(C)csc2=O)cc1. The van der Waals surface area contributed by atoms with Gasteiger partial charge in [0.15, 0.2) is 6.10 Å². The molecule has 2 rings (SSSR count). The molecule has 1 aromatic carbocycles. The molecule has 0 saturated heterocycles. The van der Waals surface area contributed by atoms with E-state index in [4.69, 9.17) is 9.47 Å². The van der Waals surface area contributed by atoms with Crippen molar-refractivity contribution in [3.63, 3.8) is 0 Å². The molecule has 0 fully saturated rings. The Labute approximate surface area is 142 Å². The molecule has 1 aromatic heterocycles. The maximum atomic E-state index is 12.1. The fraction of sp³-hybridized carbons (Fsp3) is 0.312. The maximum Gasteiger partial charge on any atom is 0.326 e. The van der Waals surface area contributed by atoms with E-state index < -0.39 is 18.0 Å². The monoisotopic (exact) mass is 350 g/mol. The number of hydrogen-bond donors (Lipinski definition) is 1. The molecule has 0 aliphatic heterocycles. The van der Waals surface area contributed by atoms with Gasteiger partial charge in [-0.25, -0.2) is 0 Å². The highest BCUT2D eigenvalue weighted by molar-refractivity contribution is 7.07. The Morgan fingerprint density at radius 1 is 1.29 bits per heavy atom. The zero-order valence-electron chi connectivity index (χ0n) is 13.6. The van der Waals surface area contributed by atoms with Gasteiger partial charge in [-0.1, -0.05) is 11.3 Å². The highest BCUT2D eigenvalue weighted by Crippen LogP contribution is 2.15. The lowest BCUT2D eigenvalue weighted by atomic mass is 10.3. The van der Waals surface area contributed by atoms with Gasteiger partial charge < -0.3 is 14.8 Å². The Bertz CT molecular complexity index is 779. The number of anilines is 1. The number of aryl methyl sites for hydroxylation is 1. The number of rotatable bonds is 6. The molecule has 1 heterocycles. The molecule has 0 radical (unpaired) electrons. The first kappa shape index (κ1) is 17.7. The van der Waals surface area contributed by atoms with Crippen LogP contribution in [0.5, 0.6) is 5.75 Å². The van der Waals surface area contributed by atoms with E-state index in [2.05, 4.69) is 5.32 Å². The van der Waals surface area contributed by atoms with Crippen LogP contribution in [0.25, 0.3) is 0 Å². The number of ether oxygens (including phenoxy) is 2. The summed E-state index contributed by atoms with van der Waals surface area (Å²) in [5, 5.41) is 4.30. The lowest BCUT2D eigenvalue weighted by Crippen LogP contribution is -2.32. The second kappa shape index (κ2) is 7.78. The minimum Gasteiger partial charge on any atom is -0.497 e. The van der Waals surface area contributed by atoms with Gasteiger partial charge in [0.1, 0.15) is 12.3 Å². The summed E-state index contributed by atoms with van der Waals surface area (Å²) in [6.07, 6.45) is -0.978. The van der Waals surface area contributed by atoms with Crippen molar-refractivity contribution in [2.75, 3.05) is 12.4 Å².